The summed E-state index contributed by atoms with van der Waals surface area (Å²) >= 11 is 18.5. The summed E-state index contributed by atoms with van der Waals surface area (Å²) in [5.74, 6) is 0. The summed E-state index contributed by atoms with van der Waals surface area (Å²) in [6.07, 6.45) is 0.754. The molecule has 0 aliphatic heterocycles. The fourth-order valence-electron chi connectivity index (χ4n) is 2.40. The Hall–Kier alpha value is -1.21. The van der Waals surface area contributed by atoms with Crippen molar-refractivity contribution in [1.29, 1.82) is 0 Å². The molecule has 3 aromatic carbocycles. The molecule has 0 nitrogen and oxygen atoms in total. The first kappa shape index (κ1) is 14.7. The second kappa shape index (κ2) is 6.27. The summed E-state index contributed by atoms with van der Waals surface area (Å²) in [7, 11) is 0. The standard InChI is InChI=1S/C18H13Cl3/c19-16-8-7-15(11-18(16)21)17(20)10-12-5-6-13-3-1-2-4-14(13)9-12/h1-9,11,17H,10H2. The Labute approximate surface area is 139 Å². The van der Waals surface area contributed by atoms with Gasteiger partial charge in [0.25, 0.3) is 0 Å². The highest BCUT2D eigenvalue weighted by Crippen LogP contribution is 2.31. The van der Waals surface area contributed by atoms with Crippen LogP contribution in [0.3, 0.4) is 0 Å². The first-order valence-corrected chi connectivity index (χ1v) is 7.89. The first-order chi connectivity index (χ1) is 10.1. The molecule has 3 rings (SSSR count). The van der Waals surface area contributed by atoms with Crippen LogP contribution in [-0.2, 0) is 6.42 Å². The van der Waals surface area contributed by atoms with Crippen LogP contribution >= 0.6 is 34.8 Å². The zero-order valence-electron chi connectivity index (χ0n) is 11.2. The second-order valence-corrected chi connectivity index (χ2v) is 6.37. The highest BCUT2D eigenvalue weighted by atomic mass is 35.5. The summed E-state index contributed by atoms with van der Waals surface area (Å²) in [5, 5.41) is 3.43. The summed E-state index contributed by atoms with van der Waals surface area (Å²) in [5.41, 5.74) is 2.19. The molecule has 0 radical (unpaired) electrons. The quantitative estimate of drug-likeness (QED) is 0.469. The van der Waals surface area contributed by atoms with Crippen molar-refractivity contribution < 1.29 is 0 Å². The molecule has 0 N–H and O–H groups in total. The van der Waals surface area contributed by atoms with Gasteiger partial charge >= 0.3 is 0 Å². The van der Waals surface area contributed by atoms with Crippen LogP contribution in [0.2, 0.25) is 10.0 Å². The Morgan fingerprint density at radius 3 is 2.29 bits per heavy atom. The van der Waals surface area contributed by atoms with Gasteiger partial charge in [-0.2, -0.15) is 0 Å². The van der Waals surface area contributed by atoms with Crippen LogP contribution in [0.4, 0.5) is 0 Å². The number of benzene rings is 3. The Morgan fingerprint density at radius 2 is 1.52 bits per heavy atom. The van der Waals surface area contributed by atoms with Crippen molar-refractivity contribution in [3.05, 3.63) is 81.8 Å². The van der Waals surface area contributed by atoms with Gasteiger partial charge in [0.15, 0.2) is 0 Å². The molecule has 0 aromatic heterocycles. The van der Waals surface area contributed by atoms with Gasteiger partial charge in [0.05, 0.1) is 15.4 Å². The van der Waals surface area contributed by atoms with Crippen molar-refractivity contribution in [1.82, 2.24) is 0 Å². The zero-order chi connectivity index (χ0) is 14.8. The molecule has 106 valence electrons. The molecule has 0 aliphatic rings. The van der Waals surface area contributed by atoms with Crippen LogP contribution in [-0.4, -0.2) is 0 Å². The topological polar surface area (TPSA) is 0 Å². The van der Waals surface area contributed by atoms with Gasteiger partial charge < -0.3 is 0 Å². The minimum Gasteiger partial charge on any atom is -0.117 e. The third-order valence-corrected chi connectivity index (χ3v) is 4.68. The van der Waals surface area contributed by atoms with Crippen molar-refractivity contribution in [3.8, 4) is 0 Å². The predicted octanol–water partition coefficient (Wildman–Crippen LogP) is 6.67. The normalized spacial score (nSPS) is 12.5. The van der Waals surface area contributed by atoms with Crippen LogP contribution in [0.5, 0.6) is 0 Å². The third-order valence-electron chi connectivity index (χ3n) is 3.53. The van der Waals surface area contributed by atoms with Gasteiger partial charge in [0.1, 0.15) is 0 Å². The average molecular weight is 336 g/mol. The van der Waals surface area contributed by atoms with E-state index < -0.39 is 0 Å². The Balaban J connectivity index is 1.85. The molecule has 3 aromatic rings. The molecule has 0 aliphatic carbocycles. The van der Waals surface area contributed by atoms with Gasteiger partial charge in [0.2, 0.25) is 0 Å². The number of hydrogen-bond acceptors (Lipinski definition) is 0. The molecule has 1 unspecified atom stereocenters. The Morgan fingerprint density at radius 1 is 0.762 bits per heavy atom. The van der Waals surface area contributed by atoms with E-state index in [4.69, 9.17) is 34.8 Å². The maximum Gasteiger partial charge on any atom is 0.0626 e. The maximum atomic E-state index is 6.51. The van der Waals surface area contributed by atoms with Gasteiger partial charge in [-0.3, -0.25) is 0 Å². The van der Waals surface area contributed by atoms with E-state index in [0.29, 0.717) is 10.0 Å². The minimum atomic E-state index is -0.124. The lowest BCUT2D eigenvalue weighted by Gasteiger charge is -2.11. The maximum absolute atomic E-state index is 6.51. The molecular weight excluding hydrogens is 323 g/mol. The molecule has 3 heteroatoms. The number of rotatable bonds is 3. The molecule has 0 saturated heterocycles. The lowest BCUT2D eigenvalue weighted by atomic mass is 10.0. The van der Waals surface area contributed by atoms with Gasteiger partial charge in [-0.1, -0.05) is 71.7 Å². The van der Waals surface area contributed by atoms with E-state index in [1.807, 2.05) is 24.3 Å². The van der Waals surface area contributed by atoms with Gasteiger partial charge in [-0.05, 0) is 40.5 Å². The molecule has 1 atom stereocenters. The second-order valence-electron chi connectivity index (χ2n) is 5.03. The number of halogens is 3. The summed E-state index contributed by atoms with van der Waals surface area (Å²) < 4.78 is 0. The van der Waals surface area contributed by atoms with E-state index >= 15 is 0 Å². The third kappa shape index (κ3) is 3.35. The lowest BCUT2D eigenvalue weighted by molar-refractivity contribution is 0.922. The largest absolute Gasteiger partial charge is 0.117 e. The summed E-state index contributed by atoms with van der Waals surface area (Å²) in [4.78, 5) is 0. The Kier molecular flexibility index (Phi) is 4.40. The fraction of sp³-hybridized carbons (Fsp3) is 0.111. The lowest BCUT2D eigenvalue weighted by Crippen LogP contribution is -1.96. The molecule has 21 heavy (non-hydrogen) atoms. The van der Waals surface area contributed by atoms with Crippen LogP contribution in [0.25, 0.3) is 10.8 Å². The zero-order valence-corrected chi connectivity index (χ0v) is 13.5. The van der Waals surface area contributed by atoms with Gasteiger partial charge in [-0.15, -0.1) is 11.6 Å². The molecule has 0 heterocycles. The minimum absolute atomic E-state index is 0.124. The molecule has 0 saturated carbocycles. The smallest absolute Gasteiger partial charge is 0.0626 e. The van der Waals surface area contributed by atoms with E-state index in [1.165, 1.54) is 16.3 Å². The van der Waals surface area contributed by atoms with Crippen LogP contribution in [0.1, 0.15) is 16.5 Å². The van der Waals surface area contributed by atoms with Crippen molar-refractivity contribution in [3.63, 3.8) is 0 Å². The number of alkyl halides is 1. The summed E-state index contributed by atoms with van der Waals surface area (Å²) in [6.45, 7) is 0. The number of hydrogen-bond donors (Lipinski definition) is 0. The number of fused-ring (bicyclic) bond motifs is 1. The average Bonchev–Trinajstić information content (AvgIpc) is 2.50. The van der Waals surface area contributed by atoms with Crippen LogP contribution < -0.4 is 0 Å². The van der Waals surface area contributed by atoms with Crippen molar-refractivity contribution in [2.45, 2.75) is 11.8 Å². The van der Waals surface area contributed by atoms with Crippen LogP contribution in [0.15, 0.2) is 60.7 Å². The molecule has 0 spiro atoms. The van der Waals surface area contributed by atoms with E-state index in [9.17, 15) is 0 Å². The molecule has 0 bridgehead atoms. The van der Waals surface area contributed by atoms with E-state index in [-0.39, 0.29) is 5.38 Å². The van der Waals surface area contributed by atoms with Crippen molar-refractivity contribution in [2.24, 2.45) is 0 Å². The molecule has 0 amide bonds. The van der Waals surface area contributed by atoms with Crippen LogP contribution in [0, 0.1) is 0 Å². The van der Waals surface area contributed by atoms with Crippen molar-refractivity contribution >= 4 is 45.6 Å². The predicted molar refractivity (Wildman–Crippen MR) is 92.7 cm³/mol. The fourth-order valence-corrected chi connectivity index (χ4v) is 3.02. The van der Waals surface area contributed by atoms with Gasteiger partial charge in [0, 0.05) is 0 Å². The SMILES string of the molecule is Clc1ccc(C(Cl)Cc2ccc3ccccc3c2)cc1Cl. The van der Waals surface area contributed by atoms with E-state index in [1.54, 1.807) is 6.07 Å². The van der Waals surface area contributed by atoms with Crippen molar-refractivity contribution in [2.75, 3.05) is 0 Å². The molecular formula is C18H13Cl3. The highest BCUT2D eigenvalue weighted by molar-refractivity contribution is 6.42. The molecule has 0 fully saturated rings. The summed E-state index contributed by atoms with van der Waals surface area (Å²) in [6, 6.07) is 20.3. The monoisotopic (exact) mass is 334 g/mol. The Bertz CT molecular complexity index is 780. The first-order valence-electron chi connectivity index (χ1n) is 6.70. The highest BCUT2D eigenvalue weighted by Gasteiger charge is 2.11. The van der Waals surface area contributed by atoms with E-state index in [0.717, 1.165) is 12.0 Å². The van der Waals surface area contributed by atoms with E-state index in [2.05, 4.69) is 30.3 Å². The van der Waals surface area contributed by atoms with Gasteiger partial charge in [-0.25, -0.2) is 0 Å².